The molecule has 0 bridgehead atoms. The van der Waals surface area contributed by atoms with E-state index in [2.05, 4.69) is 70.9 Å². The van der Waals surface area contributed by atoms with E-state index in [-0.39, 0.29) is 0 Å². The molecule has 0 unspecified atom stereocenters. The van der Waals surface area contributed by atoms with Crippen LogP contribution in [0, 0.1) is 0 Å². The molecule has 1 aliphatic rings. The van der Waals surface area contributed by atoms with Gasteiger partial charge in [-0.3, -0.25) is 9.80 Å². The average Bonchev–Trinajstić information content (AvgIpc) is 2.79. The van der Waals surface area contributed by atoms with Crippen LogP contribution in [-0.2, 0) is 26.7 Å². The van der Waals surface area contributed by atoms with Crippen molar-refractivity contribution in [3.05, 3.63) is 59.4 Å². The van der Waals surface area contributed by atoms with E-state index in [1.54, 1.807) is 0 Å². The van der Waals surface area contributed by atoms with Gasteiger partial charge >= 0.3 is 0 Å². The van der Waals surface area contributed by atoms with E-state index in [1.165, 1.54) is 55.7 Å². The number of nitrogens with zero attached hydrogens (tertiary/aromatic N) is 3. The molecule has 0 atom stereocenters. The minimum atomic E-state index is 0.991. The summed E-state index contributed by atoms with van der Waals surface area (Å²) in [6.07, 6.45) is 5.52. The fourth-order valence-electron chi connectivity index (χ4n) is 3.67. The zero-order valence-electron chi connectivity index (χ0n) is 15.2. The summed E-state index contributed by atoms with van der Waals surface area (Å²) in [6.45, 7) is 5.60. The minimum absolute atomic E-state index is 0.991. The van der Waals surface area contributed by atoms with E-state index in [9.17, 15) is 0 Å². The van der Waals surface area contributed by atoms with Gasteiger partial charge < -0.3 is 4.57 Å². The number of hydrogen-bond donors (Lipinski definition) is 0. The summed E-state index contributed by atoms with van der Waals surface area (Å²) in [4.78, 5) is 5.01. The first-order valence-electron chi connectivity index (χ1n) is 9.30. The van der Waals surface area contributed by atoms with Crippen molar-refractivity contribution in [3.63, 3.8) is 0 Å². The van der Waals surface area contributed by atoms with E-state index < -0.39 is 0 Å². The second kappa shape index (κ2) is 8.50. The summed E-state index contributed by atoms with van der Waals surface area (Å²) in [6, 6.07) is 15.3. The number of benzene rings is 1. The highest BCUT2D eigenvalue weighted by molar-refractivity contribution is 5.17. The Hall–Kier alpha value is -1.58. The number of aromatic nitrogens is 1. The van der Waals surface area contributed by atoms with Crippen molar-refractivity contribution in [1.82, 2.24) is 14.4 Å². The third-order valence-corrected chi connectivity index (χ3v) is 5.14. The van der Waals surface area contributed by atoms with Gasteiger partial charge in [0.25, 0.3) is 0 Å². The molecule has 24 heavy (non-hydrogen) atoms. The molecule has 1 saturated heterocycles. The van der Waals surface area contributed by atoms with Crippen molar-refractivity contribution in [2.24, 2.45) is 7.05 Å². The zero-order valence-corrected chi connectivity index (χ0v) is 15.2. The first-order valence-corrected chi connectivity index (χ1v) is 9.30. The van der Waals surface area contributed by atoms with Crippen LogP contribution in [0.2, 0.25) is 0 Å². The highest BCUT2D eigenvalue weighted by Gasteiger charge is 2.13. The third-order valence-electron chi connectivity index (χ3n) is 5.14. The second-order valence-corrected chi connectivity index (χ2v) is 7.22. The van der Waals surface area contributed by atoms with E-state index in [1.807, 2.05) is 0 Å². The third kappa shape index (κ3) is 4.71. The maximum atomic E-state index is 2.62. The van der Waals surface area contributed by atoms with Gasteiger partial charge in [-0.2, -0.15) is 0 Å². The second-order valence-electron chi connectivity index (χ2n) is 7.22. The van der Waals surface area contributed by atoms with Crippen molar-refractivity contribution in [2.75, 3.05) is 20.1 Å². The van der Waals surface area contributed by atoms with E-state index in [0.717, 1.165) is 19.6 Å². The Morgan fingerprint density at radius 3 is 2.21 bits per heavy atom. The molecule has 1 aromatic heterocycles. The predicted octanol–water partition coefficient (Wildman–Crippen LogP) is 4.03. The van der Waals surface area contributed by atoms with Crippen LogP contribution in [0.3, 0.4) is 0 Å². The molecule has 130 valence electrons. The van der Waals surface area contributed by atoms with Crippen LogP contribution in [0.25, 0.3) is 0 Å². The standard InChI is InChI=1S/C21H31N3/c1-22(16-19-10-6-5-7-11-19)17-20-12-13-21(23(20)2)18-24-14-8-3-4-9-15-24/h5-7,10-13H,3-4,8-9,14-18H2,1-2H3. The van der Waals surface area contributed by atoms with Gasteiger partial charge in [-0.05, 0) is 50.7 Å². The molecule has 3 nitrogen and oxygen atoms in total. The van der Waals surface area contributed by atoms with Crippen LogP contribution in [0.4, 0.5) is 0 Å². The maximum absolute atomic E-state index is 2.62. The lowest BCUT2D eigenvalue weighted by Crippen LogP contribution is -2.25. The molecule has 3 heteroatoms. The summed E-state index contributed by atoms with van der Waals surface area (Å²) < 4.78 is 2.40. The highest BCUT2D eigenvalue weighted by Crippen LogP contribution is 2.16. The molecular formula is C21H31N3. The van der Waals surface area contributed by atoms with Gasteiger partial charge in [-0.15, -0.1) is 0 Å². The van der Waals surface area contributed by atoms with Crippen molar-refractivity contribution in [2.45, 2.75) is 45.3 Å². The van der Waals surface area contributed by atoms with Crippen molar-refractivity contribution in [3.8, 4) is 0 Å². The van der Waals surface area contributed by atoms with Gasteiger partial charge in [-0.1, -0.05) is 43.2 Å². The summed E-state index contributed by atoms with van der Waals surface area (Å²) in [5, 5.41) is 0. The molecule has 1 aliphatic heterocycles. The van der Waals surface area contributed by atoms with E-state index >= 15 is 0 Å². The van der Waals surface area contributed by atoms with Crippen molar-refractivity contribution >= 4 is 0 Å². The molecule has 0 N–H and O–H groups in total. The van der Waals surface area contributed by atoms with Gasteiger partial charge in [0, 0.05) is 38.1 Å². The summed E-state index contributed by atoms with van der Waals surface area (Å²) in [7, 11) is 4.42. The van der Waals surface area contributed by atoms with Gasteiger partial charge in [0.15, 0.2) is 0 Å². The Bertz CT molecular complexity index is 609. The fraction of sp³-hybridized carbons (Fsp3) is 0.524. The minimum Gasteiger partial charge on any atom is -0.349 e. The van der Waals surface area contributed by atoms with Crippen LogP contribution in [0.1, 0.15) is 42.6 Å². The van der Waals surface area contributed by atoms with Crippen molar-refractivity contribution in [1.29, 1.82) is 0 Å². The molecule has 3 rings (SSSR count). The Balaban J connectivity index is 1.57. The average molecular weight is 326 g/mol. The highest BCUT2D eigenvalue weighted by atomic mass is 15.2. The topological polar surface area (TPSA) is 11.4 Å². The van der Waals surface area contributed by atoms with Crippen LogP contribution < -0.4 is 0 Å². The van der Waals surface area contributed by atoms with Crippen LogP contribution in [0.5, 0.6) is 0 Å². The lowest BCUT2D eigenvalue weighted by Gasteiger charge is -2.21. The van der Waals surface area contributed by atoms with E-state index in [4.69, 9.17) is 0 Å². The Kier molecular flexibility index (Phi) is 6.11. The lowest BCUT2D eigenvalue weighted by molar-refractivity contribution is 0.269. The van der Waals surface area contributed by atoms with Crippen LogP contribution in [-0.4, -0.2) is 34.5 Å². The molecule has 0 radical (unpaired) electrons. The quantitative estimate of drug-likeness (QED) is 0.794. The van der Waals surface area contributed by atoms with Gasteiger partial charge in [0.2, 0.25) is 0 Å². The number of rotatable bonds is 6. The summed E-state index contributed by atoms with van der Waals surface area (Å²) in [5.74, 6) is 0. The Morgan fingerprint density at radius 2 is 1.50 bits per heavy atom. The maximum Gasteiger partial charge on any atom is 0.0387 e. The SMILES string of the molecule is CN(Cc1ccccc1)Cc1ccc(CN2CCCCCC2)n1C. The number of hydrogen-bond acceptors (Lipinski definition) is 2. The van der Waals surface area contributed by atoms with Gasteiger partial charge in [0.1, 0.15) is 0 Å². The van der Waals surface area contributed by atoms with Gasteiger partial charge in [0.05, 0.1) is 0 Å². The summed E-state index contributed by atoms with van der Waals surface area (Å²) in [5.41, 5.74) is 4.22. The molecule has 0 aliphatic carbocycles. The molecule has 2 aromatic rings. The fourth-order valence-corrected chi connectivity index (χ4v) is 3.67. The lowest BCUT2D eigenvalue weighted by atomic mass is 10.2. The largest absolute Gasteiger partial charge is 0.349 e. The smallest absolute Gasteiger partial charge is 0.0387 e. The molecule has 0 saturated carbocycles. The normalized spacial score (nSPS) is 16.5. The van der Waals surface area contributed by atoms with Gasteiger partial charge in [-0.25, -0.2) is 0 Å². The van der Waals surface area contributed by atoms with Crippen molar-refractivity contribution < 1.29 is 0 Å². The molecule has 0 spiro atoms. The number of likely N-dealkylation sites (tertiary alicyclic amines) is 1. The molecular weight excluding hydrogens is 294 g/mol. The Labute approximate surface area is 146 Å². The molecule has 1 aromatic carbocycles. The first-order chi connectivity index (χ1) is 11.7. The first kappa shape index (κ1) is 17.2. The monoisotopic (exact) mass is 325 g/mol. The molecule has 0 amide bonds. The van der Waals surface area contributed by atoms with Crippen LogP contribution in [0.15, 0.2) is 42.5 Å². The summed E-state index contributed by atoms with van der Waals surface area (Å²) >= 11 is 0. The molecule has 1 fully saturated rings. The van der Waals surface area contributed by atoms with E-state index in [0.29, 0.717) is 0 Å². The predicted molar refractivity (Wildman–Crippen MR) is 101 cm³/mol. The van der Waals surface area contributed by atoms with Crippen LogP contribution >= 0.6 is 0 Å². The zero-order chi connectivity index (χ0) is 16.8. The molecule has 2 heterocycles. The Morgan fingerprint density at radius 1 is 0.833 bits per heavy atom.